The third-order valence-corrected chi connectivity index (χ3v) is 2.57. The topological polar surface area (TPSA) is 83.4 Å². The Morgan fingerprint density at radius 1 is 1.25 bits per heavy atom. The van der Waals surface area contributed by atoms with Crippen LogP contribution >= 0.6 is 0 Å². The zero-order chi connectivity index (χ0) is 12.5. The minimum absolute atomic E-state index is 0.158. The normalized spacial score (nSPS) is 10.4. The lowest BCUT2D eigenvalue weighted by Gasteiger charge is -1.97. The predicted molar refractivity (Wildman–Crippen MR) is 54.6 cm³/mol. The zero-order valence-electron chi connectivity index (χ0n) is 9.52. The van der Waals surface area contributed by atoms with Crippen LogP contribution in [0.3, 0.4) is 0 Å². The van der Waals surface area contributed by atoms with Gasteiger partial charge in [-0.05, 0) is 6.92 Å². The SMILES string of the molecule is CCc1n(CC)c(C(=O)O)c(C(=O)O)[n+]1C. The fraction of sp³-hybridized carbons (Fsp3) is 0.500. The number of aromatic nitrogens is 2. The first-order valence-electron chi connectivity index (χ1n) is 5.03. The van der Waals surface area contributed by atoms with E-state index >= 15 is 0 Å². The summed E-state index contributed by atoms with van der Waals surface area (Å²) in [7, 11) is 1.57. The molecule has 0 unspecified atom stereocenters. The second-order valence-corrected chi connectivity index (χ2v) is 3.38. The third kappa shape index (κ3) is 1.66. The van der Waals surface area contributed by atoms with E-state index in [0.29, 0.717) is 18.8 Å². The monoisotopic (exact) mass is 227 g/mol. The Hall–Kier alpha value is -1.85. The van der Waals surface area contributed by atoms with E-state index in [0.717, 1.165) is 0 Å². The number of imidazole rings is 1. The highest BCUT2D eigenvalue weighted by atomic mass is 16.4. The Morgan fingerprint density at radius 3 is 2.12 bits per heavy atom. The molecule has 0 bridgehead atoms. The van der Waals surface area contributed by atoms with Gasteiger partial charge in [0.05, 0.1) is 13.6 Å². The van der Waals surface area contributed by atoms with Gasteiger partial charge in [-0.15, -0.1) is 0 Å². The summed E-state index contributed by atoms with van der Waals surface area (Å²) in [5.41, 5.74) is -0.333. The number of carboxylic acid groups (broad SMARTS) is 2. The molecule has 0 saturated carbocycles. The van der Waals surface area contributed by atoms with Crippen LogP contribution in [0.5, 0.6) is 0 Å². The quantitative estimate of drug-likeness (QED) is 0.724. The number of hydrogen-bond acceptors (Lipinski definition) is 2. The molecular weight excluding hydrogens is 212 g/mol. The van der Waals surface area contributed by atoms with Gasteiger partial charge in [-0.3, -0.25) is 0 Å². The van der Waals surface area contributed by atoms with Crippen molar-refractivity contribution in [1.82, 2.24) is 4.57 Å². The van der Waals surface area contributed by atoms with Crippen molar-refractivity contribution in [3.8, 4) is 0 Å². The van der Waals surface area contributed by atoms with Crippen molar-refractivity contribution < 1.29 is 24.4 Å². The summed E-state index contributed by atoms with van der Waals surface area (Å²) in [5.74, 6) is -1.74. The predicted octanol–water partition coefficient (Wildman–Crippen LogP) is 0.291. The molecule has 1 aromatic rings. The van der Waals surface area contributed by atoms with Crippen molar-refractivity contribution in [2.24, 2.45) is 7.05 Å². The molecule has 0 aliphatic carbocycles. The van der Waals surface area contributed by atoms with Crippen molar-refractivity contribution in [3.63, 3.8) is 0 Å². The Bertz CT molecular complexity index is 448. The fourth-order valence-electron chi connectivity index (χ4n) is 1.96. The highest BCUT2D eigenvalue weighted by Gasteiger charge is 2.35. The van der Waals surface area contributed by atoms with Crippen LogP contribution in [-0.2, 0) is 20.0 Å². The van der Waals surface area contributed by atoms with E-state index in [4.69, 9.17) is 10.2 Å². The lowest BCUT2D eigenvalue weighted by atomic mass is 10.3. The molecule has 0 fully saturated rings. The van der Waals surface area contributed by atoms with E-state index in [9.17, 15) is 9.59 Å². The number of carboxylic acids is 2. The first-order chi connectivity index (χ1) is 7.45. The number of aromatic carboxylic acids is 2. The van der Waals surface area contributed by atoms with Gasteiger partial charge in [-0.25, -0.2) is 18.7 Å². The molecule has 16 heavy (non-hydrogen) atoms. The number of rotatable bonds is 4. The van der Waals surface area contributed by atoms with E-state index in [-0.39, 0.29) is 11.4 Å². The Morgan fingerprint density at radius 2 is 1.81 bits per heavy atom. The molecule has 0 aliphatic heterocycles. The fourth-order valence-corrected chi connectivity index (χ4v) is 1.96. The van der Waals surface area contributed by atoms with Crippen molar-refractivity contribution >= 4 is 11.9 Å². The molecule has 2 N–H and O–H groups in total. The van der Waals surface area contributed by atoms with Gasteiger partial charge in [0.1, 0.15) is 0 Å². The van der Waals surface area contributed by atoms with Crippen LogP contribution in [0.4, 0.5) is 0 Å². The van der Waals surface area contributed by atoms with Gasteiger partial charge >= 0.3 is 11.9 Å². The van der Waals surface area contributed by atoms with Crippen molar-refractivity contribution in [2.75, 3.05) is 0 Å². The van der Waals surface area contributed by atoms with Gasteiger partial charge in [-0.2, -0.15) is 0 Å². The number of nitrogens with zero attached hydrogens (tertiary/aromatic N) is 2. The Kier molecular flexibility index (Phi) is 3.31. The smallest absolute Gasteiger partial charge is 0.380 e. The average Bonchev–Trinajstić information content (AvgIpc) is 2.50. The second kappa shape index (κ2) is 4.34. The minimum Gasteiger partial charge on any atom is -0.475 e. The molecule has 0 atom stereocenters. The summed E-state index contributed by atoms with van der Waals surface area (Å²) in [6, 6.07) is 0. The van der Waals surface area contributed by atoms with E-state index < -0.39 is 11.9 Å². The van der Waals surface area contributed by atoms with Crippen LogP contribution in [0.1, 0.15) is 40.6 Å². The summed E-state index contributed by atoms with van der Waals surface area (Å²) >= 11 is 0. The van der Waals surface area contributed by atoms with Crippen molar-refractivity contribution in [3.05, 3.63) is 17.2 Å². The first-order valence-corrected chi connectivity index (χ1v) is 5.03. The zero-order valence-corrected chi connectivity index (χ0v) is 9.52. The summed E-state index contributed by atoms with van der Waals surface area (Å²) in [6.07, 6.45) is 0.581. The van der Waals surface area contributed by atoms with Crippen LogP contribution in [0, 0.1) is 0 Å². The van der Waals surface area contributed by atoms with Crippen LogP contribution in [0.15, 0.2) is 0 Å². The molecule has 0 radical (unpaired) electrons. The highest BCUT2D eigenvalue weighted by molar-refractivity contribution is 5.98. The first kappa shape index (κ1) is 12.2. The number of carbonyl (C=O) groups is 2. The van der Waals surface area contributed by atoms with Gasteiger partial charge < -0.3 is 10.2 Å². The van der Waals surface area contributed by atoms with Crippen LogP contribution in [0.2, 0.25) is 0 Å². The van der Waals surface area contributed by atoms with Gasteiger partial charge in [-0.1, -0.05) is 6.92 Å². The second-order valence-electron chi connectivity index (χ2n) is 3.38. The molecule has 0 aliphatic rings. The summed E-state index contributed by atoms with van der Waals surface area (Å²) in [6.45, 7) is 4.09. The molecule has 0 saturated heterocycles. The lowest BCUT2D eigenvalue weighted by Crippen LogP contribution is -2.38. The maximum Gasteiger partial charge on any atom is 0.380 e. The molecule has 1 rings (SSSR count). The average molecular weight is 227 g/mol. The van der Waals surface area contributed by atoms with Crippen LogP contribution < -0.4 is 4.57 Å². The number of hydrogen-bond donors (Lipinski definition) is 2. The standard InChI is InChI=1S/C10H14N2O4/c1-4-6-11(3)7(9(13)14)8(10(15)16)12(6)5-2/h4-5H2,1-3H3,(H-,13,14,15,16)/p+1. The van der Waals surface area contributed by atoms with E-state index in [1.807, 2.05) is 6.92 Å². The van der Waals surface area contributed by atoms with E-state index in [2.05, 4.69) is 0 Å². The molecular formula is C10H15N2O4+. The van der Waals surface area contributed by atoms with Gasteiger partial charge in [0.15, 0.2) is 0 Å². The van der Waals surface area contributed by atoms with Gasteiger partial charge in [0.25, 0.3) is 17.2 Å². The maximum absolute atomic E-state index is 11.1. The lowest BCUT2D eigenvalue weighted by molar-refractivity contribution is -0.681. The molecule has 6 nitrogen and oxygen atoms in total. The summed E-state index contributed by atoms with van der Waals surface area (Å²) < 4.78 is 2.95. The van der Waals surface area contributed by atoms with Crippen molar-refractivity contribution in [1.29, 1.82) is 0 Å². The minimum atomic E-state index is -1.22. The summed E-state index contributed by atoms with van der Waals surface area (Å²) in [4.78, 5) is 22.1. The molecule has 1 heterocycles. The summed E-state index contributed by atoms with van der Waals surface area (Å²) in [5, 5.41) is 18.1. The third-order valence-electron chi connectivity index (χ3n) is 2.57. The van der Waals surface area contributed by atoms with Gasteiger partial charge in [0.2, 0.25) is 0 Å². The van der Waals surface area contributed by atoms with Gasteiger partial charge in [0, 0.05) is 6.42 Å². The molecule has 0 spiro atoms. The van der Waals surface area contributed by atoms with E-state index in [1.54, 1.807) is 14.0 Å². The highest BCUT2D eigenvalue weighted by Crippen LogP contribution is 2.11. The van der Waals surface area contributed by atoms with Crippen molar-refractivity contribution in [2.45, 2.75) is 26.8 Å². The van der Waals surface area contributed by atoms with E-state index in [1.165, 1.54) is 9.13 Å². The maximum atomic E-state index is 11.1. The van der Waals surface area contributed by atoms with Crippen LogP contribution in [0.25, 0.3) is 0 Å². The largest absolute Gasteiger partial charge is 0.475 e. The molecule has 0 amide bonds. The van der Waals surface area contributed by atoms with Crippen LogP contribution in [-0.4, -0.2) is 26.7 Å². The molecule has 88 valence electrons. The Labute approximate surface area is 92.7 Å². The Balaban J connectivity index is 3.65. The molecule has 0 aromatic carbocycles. The molecule has 1 aromatic heterocycles. The molecule has 6 heteroatoms.